The molecule has 0 saturated carbocycles. The summed E-state index contributed by atoms with van der Waals surface area (Å²) in [6, 6.07) is 0. The quantitative estimate of drug-likeness (QED) is 0.745. The van der Waals surface area contributed by atoms with Crippen LogP contribution in [-0.2, 0) is 14.3 Å². The summed E-state index contributed by atoms with van der Waals surface area (Å²) in [7, 11) is 1.61. The SMILES string of the molecule is CN(CC(=O)NC(C)(C)C)C(=O)C1CCC(CN)O1. The van der Waals surface area contributed by atoms with Crippen LogP contribution >= 0.6 is 0 Å². The molecule has 2 amide bonds. The Morgan fingerprint density at radius 1 is 1.37 bits per heavy atom. The molecule has 0 aliphatic carbocycles. The van der Waals surface area contributed by atoms with Gasteiger partial charge in [0.25, 0.3) is 5.91 Å². The van der Waals surface area contributed by atoms with E-state index in [9.17, 15) is 9.59 Å². The Morgan fingerprint density at radius 3 is 2.47 bits per heavy atom. The van der Waals surface area contributed by atoms with Crippen LogP contribution in [0.25, 0.3) is 0 Å². The van der Waals surface area contributed by atoms with E-state index < -0.39 is 6.10 Å². The highest BCUT2D eigenvalue weighted by atomic mass is 16.5. The average molecular weight is 271 g/mol. The predicted molar refractivity (Wildman–Crippen MR) is 72.5 cm³/mol. The summed E-state index contributed by atoms with van der Waals surface area (Å²) in [5.41, 5.74) is 5.21. The molecule has 0 aromatic carbocycles. The molecule has 0 spiro atoms. The maximum Gasteiger partial charge on any atom is 0.251 e. The van der Waals surface area contributed by atoms with Crippen LogP contribution in [0.1, 0.15) is 33.6 Å². The summed E-state index contributed by atoms with van der Waals surface area (Å²) < 4.78 is 5.53. The van der Waals surface area contributed by atoms with Gasteiger partial charge in [-0.25, -0.2) is 0 Å². The minimum Gasteiger partial charge on any atom is -0.364 e. The van der Waals surface area contributed by atoms with Crippen LogP contribution in [0.3, 0.4) is 0 Å². The molecule has 6 nitrogen and oxygen atoms in total. The first-order valence-electron chi connectivity index (χ1n) is 6.64. The lowest BCUT2D eigenvalue weighted by Crippen LogP contribution is -2.48. The minimum atomic E-state index is -0.457. The summed E-state index contributed by atoms with van der Waals surface area (Å²) in [6.07, 6.45) is 0.979. The van der Waals surface area contributed by atoms with Crippen LogP contribution in [0, 0.1) is 0 Å². The summed E-state index contributed by atoms with van der Waals surface area (Å²) in [5.74, 6) is -0.322. The van der Waals surface area contributed by atoms with E-state index in [-0.39, 0.29) is 30.0 Å². The van der Waals surface area contributed by atoms with Gasteiger partial charge in [-0.3, -0.25) is 9.59 Å². The van der Waals surface area contributed by atoms with E-state index in [4.69, 9.17) is 10.5 Å². The third kappa shape index (κ3) is 5.16. The third-order valence-corrected chi connectivity index (χ3v) is 2.92. The summed E-state index contributed by atoms with van der Waals surface area (Å²) in [6.45, 7) is 6.18. The monoisotopic (exact) mass is 271 g/mol. The number of carbonyl (C=O) groups excluding carboxylic acids is 2. The maximum atomic E-state index is 12.1. The van der Waals surface area contributed by atoms with Gasteiger partial charge < -0.3 is 20.7 Å². The van der Waals surface area contributed by atoms with Crippen molar-refractivity contribution in [2.75, 3.05) is 20.1 Å². The van der Waals surface area contributed by atoms with Crippen molar-refractivity contribution in [3.8, 4) is 0 Å². The molecule has 2 unspecified atom stereocenters. The molecule has 1 rings (SSSR count). The van der Waals surface area contributed by atoms with Gasteiger partial charge in [-0.2, -0.15) is 0 Å². The lowest BCUT2D eigenvalue weighted by atomic mass is 10.1. The maximum absolute atomic E-state index is 12.1. The van der Waals surface area contributed by atoms with Gasteiger partial charge in [0.1, 0.15) is 6.10 Å². The van der Waals surface area contributed by atoms with Crippen molar-refractivity contribution in [1.29, 1.82) is 0 Å². The Balaban J connectivity index is 2.43. The Kier molecular flexibility index (Phi) is 5.31. The molecular weight excluding hydrogens is 246 g/mol. The van der Waals surface area contributed by atoms with Gasteiger partial charge in [-0.15, -0.1) is 0 Å². The van der Waals surface area contributed by atoms with Crippen LogP contribution in [0.15, 0.2) is 0 Å². The van der Waals surface area contributed by atoms with Gasteiger partial charge in [-0.05, 0) is 33.6 Å². The number of likely N-dealkylation sites (N-methyl/N-ethyl adjacent to an activating group) is 1. The fourth-order valence-electron chi connectivity index (χ4n) is 2.06. The van der Waals surface area contributed by atoms with Crippen LogP contribution in [-0.4, -0.2) is 54.6 Å². The molecule has 110 valence electrons. The van der Waals surface area contributed by atoms with Crippen LogP contribution < -0.4 is 11.1 Å². The van der Waals surface area contributed by atoms with E-state index in [0.29, 0.717) is 13.0 Å². The van der Waals surface area contributed by atoms with Crippen LogP contribution in [0.5, 0.6) is 0 Å². The van der Waals surface area contributed by atoms with E-state index >= 15 is 0 Å². The van der Waals surface area contributed by atoms with Crippen LogP contribution in [0.2, 0.25) is 0 Å². The number of nitrogens with two attached hydrogens (primary N) is 1. The number of amides is 2. The molecule has 0 bridgehead atoms. The lowest BCUT2D eigenvalue weighted by Gasteiger charge is -2.24. The number of ether oxygens (including phenoxy) is 1. The predicted octanol–water partition coefficient (Wildman–Crippen LogP) is -0.134. The highest BCUT2D eigenvalue weighted by Crippen LogP contribution is 2.20. The van der Waals surface area contributed by atoms with Gasteiger partial charge in [-0.1, -0.05) is 0 Å². The van der Waals surface area contributed by atoms with E-state index in [1.54, 1.807) is 7.05 Å². The number of hydrogen-bond acceptors (Lipinski definition) is 4. The summed E-state index contributed by atoms with van der Waals surface area (Å²) in [5, 5.41) is 2.82. The second kappa shape index (κ2) is 6.34. The normalized spacial score (nSPS) is 23.2. The standard InChI is InChI=1S/C13H25N3O3/c1-13(2,3)15-11(17)8-16(4)12(18)10-6-5-9(7-14)19-10/h9-10H,5-8,14H2,1-4H3,(H,15,17). The highest BCUT2D eigenvalue weighted by Gasteiger charge is 2.32. The van der Waals surface area contributed by atoms with Crippen molar-refractivity contribution < 1.29 is 14.3 Å². The van der Waals surface area contributed by atoms with Crippen LogP contribution in [0.4, 0.5) is 0 Å². The van der Waals surface area contributed by atoms with Crippen molar-refractivity contribution >= 4 is 11.8 Å². The molecule has 1 aliphatic heterocycles. The molecule has 6 heteroatoms. The molecule has 1 aliphatic rings. The number of nitrogens with one attached hydrogen (secondary N) is 1. The van der Waals surface area contributed by atoms with Crippen molar-refractivity contribution in [3.05, 3.63) is 0 Å². The van der Waals surface area contributed by atoms with E-state index in [1.165, 1.54) is 4.90 Å². The van der Waals surface area contributed by atoms with Gasteiger partial charge in [0, 0.05) is 19.1 Å². The number of carbonyl (C=O) groups is 2. The third-order valence-electron chi connectivity index (χ3n) is 2.92. The molecular formula is C13H25N3O3. The summed E-state index contributed by atoms with van der Waals surface area (Å²) >= 11 is 0. The zero-order valence-electron chi connectivity index (χ0n) is 12.2. The average Bonchev–Trinajstić information content (AvgIpc) is 2.73. The van der Waals surface area contributed by atoms with Crippen molar-refractivity contribution in [2.45, 2.75) is 51.4 Å². The Labute approximate surface area is 114 Å². The largest absolute Gasteiger partial charge is 0.364 e. The molecule has 0 aromatic rings. The zero-order chi connectivity index (χ0) is 14.6. The van der Waals surface area contributed by atoms with Gasteiger partial charge in [0.15, 0.2) is 0 Å². The van der Waals surface area contributed by atoms with E-state index in [0.717, 1.165) is 6.42 Å². The van der Waals surface area contributed by atoms with Crippen molar-refractivity contribution in [3.63, 3.8) is 0 Å². The van der Waals surface area contributed by atoms with Crippen molar-refractivity contribution in [1.82, 2.24) is 10.2 Å². The molecule has 2 atom stereocenters. The van der Waals surface area contributed by atoms with E-state index in [2.05, 4.69) is 5.32 Å². The van der Waals surface area contributed by atoms with E-state index in [1.807, 2.05) is 20.8 Å². The van der Waals surface area contributed by atoms with Crippen molar-refractivity contribution in [2.24, 2.45) is 5.73 Å². The van der Waals surface area contributed by atoms with Gasteiger partial charge in [0.05, 0.1) is 12.6 Å². The fourth-order valence-corrected chi connectivity index (χ4v) is 2.06. The van der Waals surface area contributed by atoms with Gasteiger partial charge >= 0.3 is 0 Å². The molecule has 1 fully saturated rings. The highest BCUT2D eigenvalue weighted by molar-refractivity contribution is 5.87. The van der Waals surface area contributed by atoms with Gasteiger partial charge in [0.2, 0.25) is 5.91 Å². The zero-order valence-corrected chi connectivity index (χ0v) is 12.2. The minimum absolute atomic E-state index is 0.0363. The lowest BCUT2D eigenvalue weighted by molar-refractivity contribution is -0.144. The first kappa shape index (κ1) is 15.9. The Hall–Kier alpha value is -1.14. The molecule has 1 heterocycles. The molecule has 3 N–H and O–H groups in total. The Morgan fingerprint density at radius 2 is 2.00 bits per heavy atom. The number of rotatable bonds is 4. The second-order valence-corrected chi connectivity index (χ2v) is 6.05. The second-order valence-electron chi connectivity index (χ2n) is 6.05. The molecule has 19 heavy (non-hydrogen) atoms. The number of hydrogen-bond donors (Lipinski definition) is 2. The number of nitrogens with zero attached hydrogens (tertiary/aromatic N) is 1. The first-order valence-corrected chi connectivity index (χ1v) is 6.64. The molecule has 0 radical (unpaired) electrons. The molecule has 1 saturated heterocycles. The summed E-state index contributed by atoms with van der Waals surface area (Å²) in [4.78, 5) is 25.2. The molecule has 0 aromatic heterocycles. The smallest absolute Gasteiger partial charge is 0.251 e. The first-order chi connectivity index (χ1) is 8.73. The Bertz CT molecular complexity index is 339. The topological polar surface area (TPSA) is 84.7 Å². The fraction of sp³-hybridized carbons (Fsp3) is 0.846.